The number of amides is 3. The van der Waals surface area contributed by atoms with Crippen LogP contribution in [0.5, 0.6) is 11.5 Å². The third kappa shape index (κ3) is 9.17. The summed E-state index contributed by atoms with van der Waals surface area (Å²) in [4.78, 5) is 41.1. The number of carbonyl (C=O) groups excluding carboxylic acids is 3. The number of ether oxygens (including phenoxy) is 2. The Balaban J connectivity index is 1.62. The number of halogens is 2. The highest BCUT2D eigenvalue weighted by atomic mass is 32.2. The minimum absolute atomic E-state index is 0.0195. The predicted octanol–water partition coefficient (Wildman–Crippen LogP) is 2.13. The number of likely N-dealkylation sites (N-methyl/N-ethyl adjacent to an activating group) is 1. The maximum atomic E-state index is 14.9. The highest BCUT2D eigenvalue weighted by Gasteiger charge is 2.26. The molecular weight excluding hydrogens is 576 g/mol. The standard InChI is InChI=1S/C27H35F2N5O7S/c1-4-40-27(37)33-12-10-32(11-13-33)18-25(36)31(3)9-14-34(17-24(35)30-38)42(39)21-15-22(28)26(23(29)16-21)41-20-7-5-19(2)6-8-20/h5-8,15-16,38H,4,9-14,17-18H2,1-3H3,(H,30,35). The molecule has 0 spiro atoms. The molecule has 0 radical (unpaired) electrons. The molecule has 2 aromatic carbocycles. The Labute approximate surface area is 245 Å². The maximum absolute atomic E-state index is 14.9. The predicted molar refractivity (Wildman–Crippen MR) is 148 cm³/mol. The number of benzene rings is 2. The number of piperazine rings is 1. The Morgan fingerprint density at radius 1 is 1.05 bits per heavy atom. The van der Waals surface area contributed by atoms with Crippen LogP contribution in [-0.2, 0) is 25.3 Å². The van der Waals surface area contributed by atoms with E-state index >= 15 is 0 Å². The Morgan fingerprint density at radius 2 is 1.67 bits per heavy atom. The summed E-state index contributed by atoms with van der Waals surface area (Å²) in [5.74, 6) is -3.82. The number of hydroxylamine groups is 1. The molecule has 0 bridgehead atoms. The smallest absolute Gasteiger partial charge is 0.409 e. The summed E-state index contributed by atoms with van der Waals surface area (Å²) in [6.07, 6.45) is -0.395. The molecule has 3 amide bonds. The van der Waals surface area contributed by atoms with Gasteiger partial charge in [0.15, 0.2) is 17.4 Å². The van der Waals surface area contributed by atoms with Crippen LogP contribution in [0.3, 0.4) is 0 Å². The fourth-order valence-electron chi connectivity index (χ4n) is 4.03. The molecule has 0 aromatic heterocycles. The van der Waals surface area contributed by atoms with Crippen molar-refractivity contribution in [3.05, 3.63) is 53.6 Å². The minimum Gasteiger partial charge on any atom is -0.451 e. The van der Waals surface area contributed by atoms with Gasteiger partial charge in [-0.15, -0.1) is 0 Å². The first-order valence-corrected chi connectivity index (χ1v) is 14.3. The lowest BCUT2D eigenvalue weighted by Crippen LogP contribution is -2.51. The molecule has 12 nitrogen and oxygen atoms in total. The third-order valence-electron chi connectivity index (χ3n) is 6.46. The third-order valence-corrected chi connectivity index (χ3v) is 7.88. The molecule has 1 unspecified atom stereocenters. The number of nitrogens with one attached hydrogen (secondary N) is 1. The Morgan fingerprint density at radius 3 is 2.24 bits per heavy atom. The van der Waals surface area contributed by atoms with Gasteiger partial charge in [0.25, 0.3) is 5.91 Å². The van der Waals surface area contributed by atoms with Crippen LogP contribution < -0.4 is 10.2 Å². The lowest BCUT2D eigenvalue weighted by atomic mass is 10.2. The zero-order chi connectivity index (χ0) is 30.8. The van der Waals surface area contributed by atoms with Crippen molar-refractivity contribution in [3.63, 3.8) is 0 Å². The lowest BCUT2D eigenvalue weighted by Gasteiger charge is -2.34. The Kier molecular flexibility index (Phi) is 12.2. The second-order valence-corrected chi connectivity index (χ2v) is 11.0. The van der Waals surface area contributed by atoms with Crippen molar-refractivity contribution in [3.8, 4) is 11.5 Å². The van der Waals surface area contributed by atoms with E-state index in [4.69, 9.17) is 14.7 Å². The quantitative estimate of drug-likeness (QED) is 0.276. The van der Waals surface area contributed by atoms with E-state index in [0.717, 1.165) is 22.0 Å². The first kappa shape index (κ1) is 32.8. The molecule has 3 rings (SSSR count). The van der Waals surface area contributed by atoms with Gasteiger partial charge in [0.05, 0.1) is 24.6 Å². The number of rotatable bonds is 12. The number of nitrogens with zero attached hydrogens (tertiary/aromatic N) is 4. The van der Waals surface area contributed by atoms with E-state index < -0.39 is 46.9 Å². The average molecular weight is 612 g/mol. The van der Waals surface area contributed by atoms with Crippen molar-refractivity contribution in [2.24, 2.45) is 0 Å². The topological polar surface area (TPSA) is 132 Å². The first-order valence-electron chi connectivity index (χ1n) is 13.2. The monoisotopic (exact) mass is 611 g/mol. The van der Waals surface area contributed by atoms with E-state index in [1.165, 1.54) is 17.4 Å². The summed E-state index contributed by atoms with van der Waals surface area (Å²) in [6.45, 7) is 5.04. The van der Waals surface area contributed by atoms with Gasteiger partial charge >= 0.3 is 6.09 Å². The second-order valence-electron chi connectivity index (χ2n) is 9.56. The van der Waals surface area contributed by atoms with Gasteiger partial charge in [0, 0.05) is 46.3 Å². The zero-order valence-electron chi connectivity index (χ0n) is 23.7. The van der Waals surface area contributed by atoms with Crippen LogP contribution in [0.15, 0.2) is 41.3 Å². The summed E-state index contributed by atoms with van der Waals surface area (Å²) in [5.41, 5.74) is 2.37. The van der Waals surface area contributed by atoms with Gasteiger partial charge in [-0.05, 0) is 38.1 Å². The number of aryl methyl sites for hydroxylation is 1. The van der Waals surface area contributed by atoms with Crippen molar-refractivity contribution in [2.45, 2.75) is 18.7 Å². The minimum atomic E-state index is -2.24. The summed E-state index contributed by atoms with van der Waals surface area (Å²) < 4.78 is 54.4. The summed E-state index contributed by atoms with van der Waals surface area (Å²) in [7, 11) is -0.711. The SMILES string of the molecule is CCOC(=O)N1CCN(CC(=O)N(C)CCN(CC(=O)NO)S(=O)c2cc(F)c(Oc3ccc(C)cc3)c(F)c2)CC1. The van der Waals surface area contributed by atoms with Crippen molar-refractivity contribution in [2.75, 3.05) is 66.0 Å². The fourth-order valence-corrected chi connectivity index (χ4v) is 5.21. The molecule has 2 N–H and O–H groups in total. The molecule has 1 heterocycles. The molecule has 230 valence electrons. The number of carbonyl (C=O) groups is 3. The molecule has 1 aliphatic rings. The molecule has 1 aliphatic heterocycles. The highest BCUT2D eigenvalue weighted by molar-refractivity contribution is 7.82. The van der Waals surface area contributed by atoms with Gasteiger partial charge in [0.2, 0.25) is 5.91 Å². The zero-order valence-corrected chi connectivity index (χ0v) is 24.5. The molecule has 1 fully saturated rings. The molecule has 0 saturated carbocycles. The van der Waals surface area contributed by atoms with Crippen LogP contribution in [0.2, 0.25) is 0 Å². The summed E-state index contributed by atoms with van der Waals surface area (Å²) in [5, 5.41) is 8.98. The largest absolute Gasteiger partial charge is 0.451 e. The second kappa shape index (κ2) is 15.5. The van der Waals surface area contributed by atoms with E-state index in [0.29, 0.717) is 26.2 Å². The van der Waals surface area contributed by atoms with Crippen LogP contribution in [-0.4, -0.2) is 112 Å². The van der Waals surface area contributed by atoms with E-state index in [-0.39, 0.29) is 42.8 Å². The van der Waals surface area contributed by atoms with E-state index in [2.05, 4.69) is 0 Å². The normalized spacial score (nSPS) is 14.4. The summed E-state index contributed by atoms with van der Waals surface area (Å²) in [6, 6.07) is 8.22. The molecule has 2 aromatic rings. The average Bonchev–Trinajstić information content (AvgIpc) is 2.97. The van der Waals surface area contributed by atoms with Crippen LogP contribution >= 0.6 is 0 Å². The van der Waals surface area contributed by atoms with Gasteiger partial charge in [0.1, 0.15) is 16.7 Å². The van der Waals surface area contributed by atoms with Gasteiger partial charge in [-0.3, -0.25) is 19.7 Å². The fraction of sp³-hybridized carbons (Fsp3) is 0.444. The molecule has 15 heteroatoms. The van der Waals surface area contributed by atoms with Crippen molar-refractivity contribution < 1.29 is 42.1 Å². The highest BCUT2D eigenvalue weighted by Crippen LogP contribution is 2.30. The number of hydrogen-bond donors (Lipinski definition) is 2. The van der Waals surface area contributed by atoms with E-state index in [9.17, 15) is 27.4 Å². The lowest BCUT2D eigenvalue weighted by molar-refractivity contribution is -0.131. The van der Waals surface area contributed by atoms with Crippen LogP contribution in [0.4, 0.5) is 13.6 Å². The van der Waals surface area contributed by atoms with Crippen molar-refractivity contribution in [1.82, 2.24) is 24.5 Å². The van der Waals surface area contributed by atoms with Gasteiger partial charge < -0.3 is 19.3 Å². The van der Waals surface area contributed by atoms with E-state index in [1.807, 2.05) is 11.8 Å². The first-order chi connectivity index (χ1) is 20.0. The Hall–Kier alpha value is -3.66. The van der Waals surface area contributed by atoms with Gasteiger partial charge in [-0.25, -0.2) is 27.6 Å². The Bertz CT molecular complexity index is 1250. The van der Waals surface area contributed by atoms with Crippen LogP contribution in [0.25, 0.3) is 0 Å². The van der Waals surface area contributed by atoms with E-state index in [1.54, 1.807) is 36.1 Å². The van der Waals surface area contributed by atoms with Crippen molar-refractivity contribution >= 4 is 28.9 Å². The van der Waals surface area contributed by atoms with Crippen LogP contribution in [0, 0.1) is 18.6 Å². The maximum Gasteiger partial charge on any atom is 0.409 e. The van der Waals surface area contributed by atoms with Gasteiger partial charge in [-0.2, -0.15) is 0 Å². The van der Waals surface area contributed by atoms with Crippen LogP contribution in [0.1, 0.15) is 12.5 Å². The molecule has 0 aliphatic carbocycles. The molecule has 42 heavy (non-hydrogen) atoms. The summed E-state index contributed by atoms with van der Waals surface area (Å²) >= 11 is 0. The van der Waals surface area contributed by atoms with Crippen molar-refractivity contribution in [1.29, 1.82) is 0 Å². The molecular formula is C27H35F2N5O7S. The molecule has 1 atom stereocenters. The number of hydrogen-bond acceptors (Lipinski definition) is 8. The molecule has 1 saturated heterocycles. The van der Waals surface area contributed by atoms with Gasteiger partial charge in [-0.1, -0.05) is 17.7 Å².